The fourth-order valence-corrected chi connectivity index (χ4v) is 2.60. The second-order valence-electron chi connectivity index (χ2n) is 5.04. The van der Waals surface area contributed by atoms with Crippen molar-refractivity contribution in [2.45, 2.75) is 24.8 Å². The van der Waals surface area contributed by atoms with Crippen LogP contribution >= 0.6 is 0 Å². The van der Waals surface area contributed by atoms with Crippen LogP contribution in [0.4, 0.5) is 5.95 Å². The molecule has 1 heterocycles. The predicted molar refractivity (Wildman–Crippen MR) is 83.1 cm³/mol. The Morgan fingerprint density at radius 1 is 1.23 bits per heavy atom. The van der Waals surface area contributed by atoms with E-state index < -0.39 is 9.84 Å². The van der Waals surface area contributed by atoms with Crippen molar-refractivity contribution in [2.24, 2.45) is 0 Å². The molecular formula is C15H16N4O2S. The number of hydrogen-bond donors (Lipinski definition) is 1. The number of anilines is 1. The number of nitrogens with zero attached hydrogens (tertiary/aromatic N) is 3. The first-order chi connectivity index (χ1) is 10.3. The second kappa shape index (κ2) is 6.12. The summed E-state index contributed by atoms with van der Waals surface area (Å²) in [5.74, 6) is 0.372. The van der Waals surface area contributed by atoms with E-state index in [-0.39, 0.29) is 10.9 Å². The molecule has 2 aromatic rings. The SMILES string of the molecule is Cc1cc(C#N)nc(N[C@H](C)c2ccc(S(C)(=O)=O)cc2)n1. The molecule has 0 fully saturated rings. The average Bonchev–Trinajstić information content (AvgIpc) is 2.45. The number of aryl methyl sites for hydroxylation is 1. The van der Waals surface area contributed by atoms with Gasteiger partial charge < -0.3 is 5.32 Å². The molecule has 6 nitrogen and oxygen atoms in total. The van der Waals surface area contributed by atoms with Crippen LogP contribution in [0, 0.1) is 18.3 Å². The third kappa shape index (κ3) is 3.80. The molecule has 0 saturated heterocycles. The van der Waals surface area contributed by atoms with Gasteiger partial charge in [0.15, 0.2) is 9.84 Å². The smallest absolute Gasteiger partial charge is 0.224 e. The van der Waals surface area contributed by atoms with Crippen LogP contribution in [0.3, 0.4) is 0 Å². The first-order valence-electron chi connectivity index (χ1n) is 6.62. The second-order valence-corrected chi connectivity index (χ2v) is 7.05. The lowest BCUT2D eigenvalue weighted by Gasteiger charge is -2.15. The van der Waals surface area contributed by atoms with Gasteiger partial charge in [-0.2, -0.15) is 5.26 Å². The first-order valence-corrected chi connectivity index (χ1v) is 8.51. The van der Waals surface area contributed by atoms with Crippen LogP contribution in [0.5, 0.6) is 0 Å². The number of sulfone groups is 1. The van der Waals surface area contributed by atoms with E-state index in [9.17, 15) is 8.42 Å². The van der Waals surface area contributed by atoms with Gasteiger partial charge in [-0.05, 0) is 37.6 Å². The Bertz CT molecular complexity index is 824. The van der Waals surface area contributed by atoms with E-state index in [0.29, 0.717) is 17.3 Å². The van der Waals surface area contributed by atoms with Gasteiger partial charge in [0.25, 0.3) is 0 Å². The van der Waals surface area contributed by atoms with Crippen molar-refractivity contribution in [1.82, 2.24) is 9.97 Å². The molecule has 0 spiro atoms. The molecule has 0 aliphatic rings. The largest absolute Gasteiger partial charge is 0.348 e. The zero-order valence-electron chi connectivity index (χ0n) is 12.5. The number of rotatable bonds is 4. The summed E-state index contributed by atoms with van der Waals surface area (Å²) < 4.78 is 22.9. The van der Waals surface area contributed by atoms with Crippen molar-refractivity contribution in [3.63, 3.8) is 0 Å². The number of hydrogen-bond acceptors (Lipinski definition) is 6. The molecule has 0 amide bonds. The predicted octanol–water partition coefficient (Wildman–Crippen LogP) is 2.23. The third-order valence-electron chi connectivity index (χ3n) is 3.12. The minimum Gasteiger partial charge on any atom is -0.348 e. The summed E-state index contributed by atoms with van der Waals surface area (Å²) in [4.78, 5) is 8.61. The monoisotopic (exact) mass is 316 g/mol. The Balaban J connectivity index is 2.21. The van der Waals surface area contributed by atoms with Crippen molar-refractivity contribution < 1.29 is 8.42 Å². The van der Waals surface area contributed by atoms with Crippen molar-refractivity contribution in [3.05, 3.63) is 47.3 Å². The first kappa shape index (κ1) is 15.9. The highest BCUT2D eigenvalue weighted by molar-refractivity contribution is 7.90. The summed E-state index contributed by atoms with van der Waals surface area (Å²) in [6.45, 7) is 3.70. The lowest BCUT2D eigenvalue weighted by molar-refractivity contribution is 0.602. The van der Waals surface area contributed by atoms with E-state index in [1.54, 1.807) is 37.3 Å². The van der Waals surface area contributed by atoms with Crippen LogP contribution in [0.25, 0.3) is 0 Å². The molecule has 7 heteroatoms. The molecule has 0 aliphatic carbocycles. The maximum Gasteiger partial charge on any atom is 0.224 e. The Morgan fingerprint density at radius 3 is 2.41 bits per heavy atom. The normalized spacial score (nSPS) is 12.5. The van der Waals surface area contributed by atoms with Crippen LogP contribution in [-0.4, -0.2) is 24.6 Å². The summed E-state index contributed by atoms with van der Waals surface area (Å²) in [6, 6.07) is 10.1. The van der Waals surface area contributed by atoms with Crippen molar-refractivity contribution in [2.75, 3.05) is 11.6 Å². The van der Waals surface area contributed by atoms with Gasteiger partial charge in [0, 0.05) is 11.9 Å². The van der Waals surface area contributed by atoms with E-state index in [1.165, 1.54) is 6.26 Å². The molecular weight excluding hydrogens is 300 g/mol. The Kier molecular flexibility index (Phi) is 4.43. The summed E-state index contributed by atoms with van der Waals surface area (Å²) in [6.07, 6.45) is 1.17. The van der Waals surface area contributed by atoms with Gasteiger partial charge in [-0.25, -0.2) is 18.4 Å². The highest BCUT2D eigenvalue weighted by atomic mass is 32.2. The number of benzene rings is 1. The standard InChI is InChI=1S/C15H16N4O2S/c1-10-8-13(9-16)19-15(17-10)18-11(2)12-4-6-14(7-5-12)22(3,20)21/h4-8,11H,1-3H3,(H,17,18,19)/t11-/m1/s1. The van der Waals surface area contributed by atoms with E-state index >= 15 is 0 Å². The van der Waals surface area contributed by atoms with Crippen molar-refractivity contribution >= 4 is 15.8 Å². The van der Waals surface area contributed by atoms with Gasteiger partial charge in [0.05, 0.1) is 10.9 Å². The Hall–Kier alpha value is -2.46. The van der Waals surface area contributed by atoms with Crippen LogP contribution in [0.15, 0.2) is 35.2 Å². The van der Waals surface area contributed by atoms with E-state index in [1.807, 2.05) is 13.0 Å². The van der Waals surface area contributed by atoms with Crippen LogP contribution in [0.1, 0.15) is 29.9 Å². The van der Waals surface area contributed by atoms with Gasteiger partial charge in [-0.1, -0.05) is 12.1 Å². The Labute approximate surface area is 129 Å². The molecule has 22 heavy (non-hydrogen) atoms. The van der Waals surface area contributed by atoms with Crippen molar-refractivity contribution in [1.29, 1.82) is 5.26 Å². The van der Waals surface area contributed by atoms with E-state index in [2.05, 4.69) is 15.3 Å². The van der Waals surface area contributed by atoms with Gasteiger partial charge in [-0.3, -0.25) is 0 Å². The van der Waals surface area contributed by atoms with Crippen LogP contribution in [0.2, 0.25) is 0 Å². The minimum absolute atomic E-state index is 0.123. The quantitative estimate of drug-likeness (QED) is 0.929. The van der Waals surface area contributed by atoms with Gasteiger partial charge in [0.1, 0.15) is 11.8 Å². The van der Waals surface area contributed by atoms with E-state index in [4.69, 9.17) is 5.26 Å². The summed E-state index contributed by atoms with van der Waals surface area (Å²) in [5, 5.41) is 12.0. The zero-order chi connectivity index (χ0) is 16.3. The van der Waals surface area contributed by atoms with Crippen molar-refractivity contribution in [3.8, 4) is 6.07 Å². The fraction of sp³-hybridized carbons (Fsp3) is 0.267. The van der Waals surface area contributed by atoms with Gasteiger partial charge in [-0.15, -0.1) is 0 Å². The average molecular weight is 316 g/mol. The minimum atomic E-state index is -3.20. The maximum atomic E-state index is 11.4. The molecule has 1 aromatic heterocycles. The number of nitriles is 1. The molecule has 1 aromatic carbocycles. The molecule has 114 valence electrons. The fourth-order valence-electron chi connectivity index (χ4n) is 1.97. The molecule has 1 atom stereocenters. The number of nitrogens with one attached hydrogen (secondary N) is 1. The molecule has 0 bridgehead atoms. The summed E-state index contributed by atoms with van der Waals surface area (Å²) in [7, 11) is -3.20. The lowest BCUT2D eigenvalue weighted by atomic mass is 10.1. The molecule has 0 unspecified atom stereocenters. The highest BCUT2D eigenvalue weighted by Gasteiger charge is 2.11. The lowest BCUT2D eigenvalue weighted by Crippen LogP contribution is -2.11. The summed E-state index contributed by atoms with van der Waals surface area (Å²) in [5.41, 5.74) is 1.90. The van der Waals surface area contributed by atoms with Crippen LogP contribution in [-0.2, 0) is 9.84 Å². The zero-order valence-corrected chi connectivity index (χ0v) is 13.3. The molecule has 0 radical (unpaired) electrons. The summed E-state index contributed by atoms with van der Waals surface area (Å²) >= 11 is 0. The molecule has 1 N–H and O–H groups in total. The molecule has 2 rings (SSSR count). The van der Waals surface area contributed by atoms with Crippen LogP contribution < -0.4 is 5.32 Å². The number of aromatic nitrogens is 2. The Morgan fingerprint density at radius 2 is 1.86 bits per heavy atom. The molecule has 0 aliphatic heterocycles. The van der Waals surface area contributed by atoms with Gasteiger partial charge >= 0.3 is 0 Å². The topological polar surface area (TPSA) is 95.7 Å². The maximum absolute atomic E-state index is 11.4. The van der Waals surface area contributed by atoms with Gasteiger partial charge in [0.2, 0.25) is 5.95 Å². The van der Waals surface area contributed by atoms with E-state index in [0.717, 1.165) is 5.56 Å². The third-order valence-corrected chi connectivity index (χ3v) is 4.25. The molecule has 0 saturated carbocycles. The highest BCUT2D eigenvalue weighted by Crippen LogP contribution is 2.19.